The number of rotatable bonds is 8. The van der Waals surface area contributed by atoms with E-state index in [2.05, 4.69) is 51.9 Å². The smallest absolute Gasteiger partial charge is 0.185 e. The number of nitrogens with zero attached hydrogens (tertiary/aromatic N) is 2. The molecule has 1 aromatic heterocycles. The van der Waals surface area contributed by atoms with Gasteiger partial charge in [-0.05, 0) is 25.3 Å². The molecular weight excluding hydrogens is 254 g/mol. The van der Waals surface area contributed by atoms with Crippen LogP contribution in [0.2, 0.25) is 0 Å². The quantitative estimate of drug-likeness (QED) is 0.781. The topological polar surface area (TPSA) is 28.2 Å². The second kappa shape index (κ2) is 7.85. The Balaban J connectivity index is 2.96. The first-order valence-corrected chi connectivity index (χ1v) is 8.29. The van der Waals surface area contributed by atoms with Gasteiger partial charge in [0, 0.05) is 24.5 Å². The van der Waals surface area contributed by atoms with Gasteiger partial charge >= 0.3 is 0 Å². The molecule has 0 aromatic carbocycles. The number of aromatic nitrogens is 1. The van der Waals surface area contributed by atoms with Gasteiger partial charge in [0.1, 0.15) is 0 Å². The fraction of sp³-hybridized carbons (Fsp3) is 0.800. The number of nitrogens with one attached hydrogen (secondary N) is 1. The van der Waals surface area contributed by atoms with Crippen molar-refractivity contribution in [3.63, 3.8) is 0 Å². The van der Waals surface area contributed by atoms with Crippen LogP contribution in [0.15, 0.2) is 0 Å². The van der Waals surface area contributed by atoms with Crippen molar-refractivity contribution in [1.29, 1.82) is 0 Å². The Bertz CT molecular complexity index is 369. The molecule has 110 valence electrons. The van der Waals surface area contributed by atoms with Crippen LogP contribution in [0.5, 0.6) is 0 Å². The fourth-order valence-corrected chi connectivity index (χ4v) is 3.53. The molecular formula is C15H29N3S. The molecule has 0 bridgehead atoms. The van der Waals surface area contributed by atoms with E-state index in [1.165, 1.54) is 28.5 Å². The molecule has 1 rings (SSSR count). The van der Waals surface area contributed by atoms with E-state index >= 15 is 0 Å². The van der Waals surface area contributed by atoms with E-state index in [1.54, 1.807) is 0 Å². The first kappa shape index (κ1) is 16.4. The highest BCUT2D eigenvalue weighted by Gasteiger charge is 2.19. The maximum atomic E-state index is 4.88. The van der Waals surface area contributed by atoms with Gasteiger partial charge in [0.2, 0.25) is 0 Å². The van der Waals surface area contributed by atoms with E-state index < -0.39 is 0 Å². The third-order valence-electron chi connectivity index (χ3n) is 3.59. The van der Waals surface area contributed by atoms with Gasteiger partial charge < -0.3 is 10.2 Å². The maximum Gasteiger partial charge on any atom is 0.185 e. The van der Waals surface area contributed by atoms with E-state index in [-0.39, 0.29) is 0 Å². The van der Waals surface area contributed by atoms with Gasteiger partial charge in [-0.2, -0.15) is 0 Å². The average molecular weight is 283 g/mol. The summed E-state index contributed by atoms with van der Waals surface area (Å²) in [5, 5.41) is 4.59. The van der Waals surface area contributed by atoms with Crippen LogP contribution in [0.1, 0.15) is 63.9 Å². The van der Waals surface area contributed by atoms with Gasteiger partial charge in [0.05, 0.1) is 5.69 Å². The summed E-state index contributed by atoms with van der Waals surface area (Å²) in [4.78, 5) is 8.63. The first-order chi connectivity index (χ1) is 9.04. The molecule has 0 fully saturated rings. The van der Waals surface area contributed by atoms with E-state index in [0.717, 1.165) is 13.1 Å². The van der Waals surface area contributed by atoms with Gasteiger partial charge in [-0.3, -0.25) is 0 Å². The molecule has 0 aliphatic carbocycles. The molecule has 3 nitrogen and oxygen atoms in total. The number of anilines is 1. The van der Waals surface area contributed by atoms with Crippen LogP contribution < -0.4 is 10.2 Å². The SMILES string of the molecule is CCNCc1sc(N(C)C(CC)CC)nc1C(C)C. The van der Waals surface area contributed by atoms with E-state index in [4.69, 9.17) is 4.98 Å². The van der Waals surface area contributed by atoms with Gasteiger partial charge in [0.25, 0.3) is 0 Å². The van der Waals surface area contributed by atoms with E-state index in [9.17, 15) is 0 Å². The summed E-state index contributed by atoms with van der Waals surface area (Å²) in [6, 6.07) is 0.596. The zero-order chi connectivity index (χ0) is 14.4. The van der Waals surface area contributed by atoms with Crippen molar-refractivity contribution in [1.82, 2.24) is 10.3 Å². The average Bonchev–Trinajstić information content (AvgIpc) is 2.81. The minimum Gasteiger partial charge on any atom is -0.348 e. The van der Waals surface area contributed by atoms with Crippen molar-refractivity contribution in [3.8, 4) is 0 Å². The summed E-state index contributed by atoms with van der Waals surface area (Å²) in [5.74, 6) is 0.494. The normalized spacial score (nSPS) is 11.6. The van der Waals surface area contributed by atoms with Crippen LogP contribution in [0, 0.1) is 0 Å². The Morgan fingerprint density at radius 3 is 2.32 bits per heavy atom. The Labute approximate surface area is 122 Å². The summed E-state index contributed by atoms with van der Waals surface area (Å²) in [6.45, 7) is 13.1. The molecule has 0 radical (unpaired) electrons. The third kappa shape index (κ3) is 4.18. The zero-order valence-electron chi connectivity index (χ0n) is 13.3. The highest BCUT2D eigenvalue weighted by Crippen LogP contribution is 2.31. The van der Waals surface area contributed by atoms with Crippen molar-refractivity contribution in [2.24, 2.45) is 0 Å². The van der Waals surface area contributed by atoms with Crippen molar-refractivity contribution in [3.05, 3.63) is 10.6 Å². The maximum absolute atomic E-state index is 4.88. The predicted octanol–water partition coefficient (Wildman–Crippen LogP) is 4.00. The van der Waals surface area contributed by atoms with Gasteiger partial charge in [0.15, 0.2) is 5.13 Å². The molecule has 0 unspecified atom stereocenters. The molecule has 0 saturated heterocycles. The highest BCUT2D eigenvalue weighted by atomic mass is 32.1. The Kier molecular flexibility index (Phi) is 6.80. The van der Waals surface area contributed by atoms with Crippen LogP contribution in [0.3, 0.4) is 0 Å². The van der Waals surface area contributed by atoms with E-state index in [0.29, 0.717) is 12.0 Å². The van der Waals surface area contributed by atoms with E-state index in [1.807, 2.05) is 11.3 Å². The lowest BCUT2D eigenvalue weighted by Crippen LogP contribution is -2.30. The molecule has 1 heterocycles. The zero-order valence-corrected chi connectivity index (χ0v) is 14.1. The molecule has 0 saturated carbocycles. The molecule has 0 spiro atoms. The molecule has 1 aromatic rings. The predicted molar refractivity (Wildman–Crippen MR) is 86.4 cm³/mol. The second-order valence-electron chi connectivity index (χ2n) is 5.32. The lowest BCUT2D eigenvalue weighted by atomic mass is 10.1. The molecule has 1 N–H and O–H groups in total. The monoisotopic (exact) mass is 283 g/mol. The largest absolute Gasteiger partial charge is 0.348 e. The Morgan fingerprint density at radius 1 is 1.21 bits per heavy atom. The summed E-state index contributed by atoms with van der Waals surface area (Å²) in [7, 11) is 2.18. The standard InChI is InChI=1S/C15H29N3S/c1-7-12(8-2)18(6)15-17-14(11(4)5)13(19-15)10-16-9-3/h11-12,16H,7-10H2,1-6H3. The summed E-state index contributed by atoms with van der Waals surface area (Å²) < 4.78 is 0. The van der Waals surface area contributed by atoms with Crippen LogP contribution in [0.25, 0.3) is 0 Å². The molecule has 19 heavy (non-hydrogen) atoms. The minimum absolute atomic E-state index is 0.494. The van der Waals surface area contributed by atoms with Crippen LogP contribution in [0.4, 0.5) is 5.13 Å². The number of hydrogen-bond acceptors (Lipinski definition) is 4. The lowest BCUT2D eigenvalue weighted by Gasteiger charge is -2.25. The molecule has 4 heteroatoms. The van der Waals surface area contributed by atoms with Crippen molar-refractivity contribution in [2.75, 3.05) is 18.5 Å². The lowest BCUT2D eigenvalue weighted by molar-refractivity contribution is 0.589. The second-order valence-corrected chi connectivity index (χ2v) is 6.38. The minimum atomic E-state index is 0.494. The van der Waals surface area contributed by atoms with Gasteiger partial charge in [-0.1, -0.05) is 34.6 Å². The Morgan fingerprint density at radius 2 is 1.84 bits per heavy atom. The summed E-state index contributed by atoms with van der Waals surface area (Å²) in [5.41, 5.74) is 1.26. The third-order valence-corrected chi connectivity index (χ3v) is 4.75. The molecule has 0 aliphatic rings. The van der Waals surface area contributed by atoms with Gasteiger partial charge in [-0.25, -0.2) is 4.98 Å². The molecule has 0 amide bonds. The van der Waals surface area contributed by atoms with Crippen LogP contribution >= 0.6 is 11.3 Å². The Hall–Kier alpha value is -0.610. The van der Waals surface area contributed by atoms with Gasteiger partial charge in [-0.15, -0.1) is 11.3 Å². The van der Waals surface area contributed by atoms with Crippen molar-refractivity contribution >= 4 is 16.5 Å². The van der Waals surface area contributed by atoms with Crippen LogP contribution in [-0.4, -0.2) is 24.6 Å². The number of thiazole rings is 1. The number of hydrogen-bond donors (Lipinski definition) is 1. The van der Waals surface area contributed by atoms with Crippen molar-refractivity contribution < 1.29 is 0 Å². The van der Waals surface area contributed by atoms with Crippen LogP contribution in [-0.2, 0) is 6.54 Å². The first-order valence-electron chi connectivity index (χ1n) is 7.48. The summed E-state index contributed by atoms with van der Waals surface area (Å²) in [6.07, 6.45) is 2.35. The highest BCUT2D eigenvalue weighted by molar-refractivity contribution is 7.15. The molecule has 0 atom stereocenters. The van der Waals surface area contributed by atoms with Crippen molar-refractivity contribution in [2.45, 2.75) is 66.0 Å². The summed E-state index contributed by atoms with van der Waals surface area (Å²) >= 11 is 1.85. The molecule has 0 aliphatic heterocycles. The fourth-order valence-electron chi connectivity index (χ4n) is 2.31.